The fraction of sp³-hybridized carbons (Fsp3) is 0.188. The predicted molar refractivity (Wildman–Crippen MR) is 85.8 cm³/mol. The van der Waals surface area contributed by atoms with Crippen molar-refractivity contribution in [2.24, 2.45) is 0 Å². The number of halogens is 1. The van der Waals surface area contributed by atoms with Gasteiger partial charge in [0.05, 0.1) is 5.52 Å². The zero-order chi connectivity index (χ0) is 13.4. The molecule has 0 bridgehead atoms. The van der Waals surface area contributed by atoms with Crippen molar-refractivity contribution in [3.8, 4) is 0 Å². The second kappa shape index (κ2) is 4.82. The second-order valence-corrected chi connectivity index (χ2v) is 5.50. The molecule has 3 heteroatoms. The Morgan fingerprint density at radius 1 is 1.11 bits per heavy atom. The molecule has 0 saturated heterocycles. The molecule has 0 saturated carbocycles. The van der Waals surface area contributed by atoms with Crippen molar-refractivity contribution < 1.29 is 0 Å². The molecule has 0 amide bonds. The van der Waals surface area contributed by atoms with E-state index in [4.69, 9.17) is 4.98 Å². The van der Waals surface area contributed by atoms with E-state index in [9.17, 15) is 0 Å². The van der Waals surface area contributed by atoms with Crippen molar-refractivity contribution >= 4 is 43.3 Å². The molecular formula is C16H15BrN2. The number of hydrogen-bond acceptors (Lipinski definition) is 2. The lowest BCUT2D eigenvalue weighted by Crippen LogP contribution is -1.99. The minimum Gasteiger partial charge on any atom is -0.385 e. The number of nitrogens with zero attached hydrogens (tertiary/aromatic N) is 1. The molecule has 96 valence electrons. The zero-order valence-electron chi connectivity index (χ0n) is 11.0. The van der Waals surface area contributed by atoms with E-state index < -0.39 is 0 Å². The third-order valence-corrected chi connectivity index (χ3v) is 3.92. The molecule has 0 spiro atoms. The molecular weight excluding hydrogens is 300 g/mol. The average molecular weight is 315 g/mol. The molecule has 2 aromatic carbocycles. The first-order valence-corrected chi connectivity index (χ1v) is 7.22. The number of rotatable bonds is 2. The predicted octanol–water partition coefficient (Wildman–Crippen LogP) is 4.89. The monoisotopic (exact) mass is 314 g/mol. The lowest BCUT2D eigenvalue weighted by molar-refractivity contribution is 1.20. The summed E-state index contributed by atoms with van der Waals surface area (Å²) in [4.78, 5) is 4.73. The van der Waals surface area contributed by atoms with Gasteiger partial charge in [0.15, 0.2) is 0 Å². The highest BCUT2D eigenvalue weighted by atomic mass is 79.9. The van der Waals surface area contributed by atoms with Gasteiger partial charge in [0.2, 0.25) is 0 Å². The molecule has 0 aliphatic heterocycles. The summed E-state index contributed by atoms with van der Waals surface area (Å²) in [6.45, 7) is 5.05. The quantitative estimate of drug-likeness (QED) is 0.681. The van der Waals surface area contributed by atoms with Gasteiger partial charge in [0, 0.05) is 33.2 Å². The molecule has 0 aliphatic carbocycles. The number of anilines is 1. The molecule has 0 aliphatic rings. The van der Waals surface area contributed by atoms with E-state index in [0.29, 0.717) is 0 Å². The summed E-state index contributed by atoms with van der Waals surface area (Å²) in [6.07, 6.45) is 0. The van der Waals surface area contributed by atoms with Gasteiger partial charge >= 0.3 is 0 Å². The van der Waals surface area contributed by atoms with Crippen LogP contribution in [0.3, 0.4) is 0 Å². The van der Waals surface area contributed by atoms with Crippen molar-refractivity contribution in [2.75, 3.05) is 11.9 Å². The molecule has 0 atom stereocenters. The first-order valence-electron chi connectivity index (χ1n) is 6.43. The van der Waals surface area contributed by atoms with Gasteiger partial charge in [-0.15, -0.1) is 0 Å². The highest BCUT2D eigenvalue weighted by Crippen LogP contribution is 2.34. The van der Waals surface area contributed by atoms with Crippen LogP contribution in [0.5, 0.6) is 0 Å². The maximum atomic E-state index is 4.73. The van der Waals surface area contributed by atoms with Crippen LogP contribution in [0, 0.1) is 6.92 Å². The molecule has 3 aromatic rings. The van der Waals surface area contributed by atoms with Gasteiger partial charge in [0.25, 0.3) is 0 Å². The third kappa shape index (κ3) is 2.08. The van der Waals surface area contributed by atoms with Crippen LogP contribution >= 0.6 is 15.9 Å². The van der Waals surface area contributed by atoms with Gasteiger partial charge in [-0.05, 0) is 31.4 Å². The van der Waals surface area contributed by atoms with Crippen molar-refractivity contribution in [3.63, 3.8) is 0 Å². The fourth-order valence-electron chi connectivity index (χ4n) is 2.47. The number of aromatic nitrogens is 1. The van der Waals surface area contributed by atoms with Crippen LogP contribution in [-0.2, 0) is 0 Å². The van der Waals surface area contributed by atoms with E-state index in [-0.39, 0.29) is 0 Å². The number of pyridine rings is 1. The Kier molecular flexibility index (Phi) is 3.15. The van der Waals surface area contributed by atoms with Crippen LogP contribution in [0.1, 0.15) is 12.6 Å². The van der Waals surface area contributed by atoms with Gasteiger partial charge in [-0.1, -0.05) is 40.2 Å². The van der Waals surface area contributed by atoms with Gasteiger partial charge < -0.3 is 5.32 Å². The van der Waals surface area contributed by atoms with Crippen molar-refractivity contribution in [3.05, 3.63) is 46.6 Å². The van der Waals surface area contributed by atoms with E-state index in [2.05, 4.69) is 64.6 Å². The lowest BCUT2D eigenvalue weighted by Gasteiger charge is -2.12. The van der Waals surface area contributed by atoms with Crippen LogP contribution in [0.15, 0.2) is 40.9 Å². The van der Waals surface area contributed by atoms with Gasteiger partial charge in [0.1, 0.15) is 0 Å². The van der Waals surface area contributed by atoms with Gasteiger partial charge in [-0.25, -0.2) is 0 Å². The Hall–Kier alpha value is -1.61. The molecule has 0 unspecified atom stereocenters. The van der Waals surface area contributed by atoms with Crippen molar-refractivity contribution in [2.45, 2.75) is 13.8 Å². The summed E-state index contributed by atoms with van der Waals surface area (Å²) in [6, 6.07) is 12.6. The first-order chi connectivity index (χ1) is 9.20. The number of fused-ring (bicyclic) bond motifs is 3. The molecule has 1 N–H and O–H groups in total. The molecule has 1 aromatic heterocycles. The van der Waals surface area contributed by atoms with E-state index in [1.807, 2.05) is 6.92 Å². The smallest absolute Gasteiger partial charge is 0.0805 e. The Bertz CT molecular complexity index is 765. The van der Waals surface area contributed by atoms with Gasteiger partial charge in [-0.3, -0.25) is 4.98 Å². The Morgan fingerprint density at radius 3 is 2.58 bits per heavy atom. The highest BCUT2D eigenvalue weighted by molar-refractivity contribution is 9.10. The third-order valence-electron chi connectivity index (χ3n) is 3.26. The van der Waals surface area contributed by atoms with Crippen LogP contribution in [0.4, 0.5) is 5.69 Å². The Balaban J connectivity index is 2.49. The average Bonchev–Trinajstić information content (AvgIpc) is 2.41. The minimum atomic E-state index is 0.906. The van der Waals surface area contributed by atoms with Crippen molar-refractivity contribution in [1.29, 1.82) is 0 Å². The highest BCUT2D eigenvalue weighted by Gasteiger charge is 2.09. The Labute approximate surface area is 121 Å². The van der Waals surface area contributed by atoms with Crippen LogP contribution in [0.25, 0.3) is 21.7 Å². The number of benzene rings is 2. The maximum absolute atomic E-state index is 4.73. The normalized spacial score (nSPS) is 11.1. The lowest BCUT2D eigenvalue weighted by atomic mass is 10.0. The Morgan fingerprint density at radius 2 is 1.84 bits per heavy atom. The number of hydrogen-bond donors (Lipinski definition) is 1. The molecule has 19 heavy (non-hydrogen) atoms. The molecule has 0 fully saturated rings. The van der Waals surface area contributed by atoms with Crippen LogP contribution in [0.2, 0.25) is 0 Å². The van der Waals surface area contributed by atoms with Crippen LogP contribution < -0.4 is 5.32 Å². The summed E-state index contributed by atoms with van der Waals surface area (Å²) in [5, 5.41) is 6.98. The fourth-order valence-corrected chi connectivity index (χ4v) is 3.05. The number of aryl methyl sites for hydroxylation is 1. The van der Waals surface area contributed by atoms with Gasteiger partial charge in [-0.2, -0.15) is 0 Å². The maximum Gasteiger partial charge on any atom is 0.0805 e. The zero-order valence-corrected chi connectivity index (χ0v) is 12.6. The molecule has 0 radical (unpaired) electrons. The SMILES string of the molecule is CCNc1cc(C)nc2c1cc(Br)c1ccccc12. The summed E-state index contributed by atoms with van der Waals surface area (Å²) >= 11 is 3.67. The summed E-state index contributed by atoms with van der Waals surface area (Å²) in [5.74, 6) is 0. The summed E-state index contributed by atoms with van der Waals surface area (Å²) in [7, 11) is 0. The first kappa shape index (κ1) is 12.4. The van der Waals surface area contributed by atoms with E-state index in [1.54, 1.807) is 0 Å². The summed E-state index contributed by atoms with van der Waals surface area (Å²) < 4.78 is 1.11. The summed E-state index contributed by atoms with van der Waals surface area (Å²) in [5.41, 5.74) is 3.25. The number of nitrogens with one attached hydrogen (secondary N) is 1. The second-order valence-electron chi connectivity index (χ2n) is 4.64. The minimum absolute atomic E-state index is 0.906. The molecule has 2 nitrogen and oxygen atoms in total. The van der Waals surface area contributed by atoms with E-state index in [1.165, 1.54) is 10.8 Å². The van der Waals surface area contributed by atoms with E-state index >= 15 is 0 Å². The molecule has 1 heterocycles. The largest absolute Gasteiger partial charge is 0.385 e. The molecule has 3 rings (SSSR count). The van der Waals surface area contributed by atoms with Crippen molar-refractivity contribution in [1.82, 2.24) is 4.98 Å². The van der Waals surface area contributed by atoms with Crippen LogP contribution in [-0.4, -0.2) is 11.5 Å². The standard InChI is InChI=1S/C16H15BrN2/c1-3-18-15-8-10(2)19-16-12-7-5-4-6-11(12)14(17)9-13(15)16/h4-9H,3H2,1-2H3,(H,18,19). The topological polar surface area (TPSA) is 24.9 Å². The van der Waals surface area contributed by atoms with E-state index in [0.717, 1.165) is 33.3 Å².